The zero-order chi connectivity index (χ0) is 19.0. The number of unbranched alkanes of at least 4 members (excludes halogenated alkanes) is 1. The maximum atomic E-state index is 11.7. The summed E-state index contributed by atoms with van der Waals surface area (Å²) in [5.41, 5.74) is 1.82. The minimum absolute atomic E-state index is 0. The molecule has 154 valence electrons. The van der Waals surface area contributed by atoms with Gasteiger partial charge in [0.05, 0.1) is 4.90 Å². The second-order valence-corrected chi connectivity index (χ2v) is 9.35. The van der Waals surface area contributed by atoms with Crippen LogP contribution in [0, 0.1) is 12.8 Å². The summed E-state index contributed by atoms with van der Waals surface area (Å²) in [5, 5.41) is 6.65. The van der Waals surface area contributed by atoms with Gasteiger partial charge in [-0.2, -0.15) is 0 Å². The fourth-order valence-corrected chi connectivity index (χ4v) is 4.67. The van der Waals surface area contributed by atoms with Gasteiger partial charge < -0.3 is 10.6 Å². The number of benzene rings is 1. The Bertz CT molecular complexity index is 714. The van der Waals surface area contributed by atoms with Crippen molar-refractivity contribution < 1.29 is 8.42 Å². The summed E-state index contributed by atoms with van der Waals surface area (Å²) in [5.74, 6) is 1.75. The van der Waals surface area contributed by atoms with Crippen LogP contribution in [0.5, 0.6) is 0 Å². The molecule has 0 saturated heterocycles. The second kappa shape index (κ2) is 11.9. The van der Waals surface area contributed by atoms with Gasteiger partial charge in [-0.1, -0.05) is 50.7 Å². The molecule has 0 aliphatic heterocycles. The maximum Gasteiger partial charge on any atom is 0.191 e. The molecule has 0 radical (unpaired) electrons. The molecule has 27 heavy (non-hydrogen) atoms. The first-order valence-corrected chi connectivity index (χ1v) is 11.5. The standard InChI is InChI=1S/C20H33N3O2S.HI/c1-16-14-18(11-12-19(16)26(3,24)25)15-23-20(21-2)22-13-7-6-10-17-8-4-5-9-17;/h11-12,14,17H,4-10,13,15H2,1-3H3,(H2,21,22,23);1H. The Labute approximate surface area is 181 Å². The molecule has 0 heterocycles. The van der Waals surface area contributed by atoms with E-state index in [9.17, 15) is 8.42 Å². The van der Waals surface area contributed by atoms with Gasteiger partial charge in [-0.3, -0.25) is 4.99 Å². The number of aryl methyl sites for hydroxylation is 1. The Morgan fingerprint density at radius 1 is 1.19 bits per heavy atom. The van der Waals surface area contributed by atoms with E-state index in [0.717, 1.165) is 29.5 Å². The van der Waals surface area contributed by atoms with Crippen LogP contribution in [0.2, 0.25) is 0 Å². The lowest BCUT2D eigenvalue weighted by molar-refractivity contribution is 0.472. The fraction of sp³-hybridized carbons (Fsp3) is 0.650. The van der Waals surface area contributed by atoms with Crippen molar-refractivity contribution in [2.45, 2.75) is 63.3 Å². The first-order chi connectivity index (χ1) is 12.4. The summed E-state index contributed by atoms with van der Waals surface area (Å²) in [7, 11) is -1.40. The molecule has 0 spiro atoms. The molecule has 0 aromatic heterocycles. The molecule has 0 amide bonds. The third-order valence-electron chi connectivity index (χ3n) is 5.13. The van der Waals surface area contributed by atoms with E-state index in [4.69, 9.17) is 0 Å². The van der Waals surface area contributed by atoms with Crippen LogP contribution in [0.3, 0.4) is 0 Å². The van der Waals surface area contributed by atoms with E-state index in [0.29, 0.717) is 11.4 Å². The Kier molecular flexibility index (Phi) is 10.7. The van der Waals surface area contributed by atoms with Gasteiger partial charge in [0, 0.05) is 26.4 Å². The Morgan fingerprint density at radius 2 is 1.89 bits per heavy atom. The third-order valence-corrected chi connectivity index (χ3v) is 6.39. The van der Waals surface area contributed by atoms with Crippen molar-refractivity contribution in [3.05, 3.63) is 29.3 Å². The molecule has 7 heteroatoms. The molecule has 2 N–H and O–H groups in total. The normalized spacial score (nSPS) is 15.4. The van der Waals surface area contributed by atoms with Gasteiger partial charge >= 0.3 is 0 Å². The van der Waals surface area contributed by atoms with E-state index in [2.05, 4.69) is 15.6 Å². The monoisotopic (exact) mass is 507 g/mol. The topological polar surface area (TPSA) is 70.6 Å². The number of halogens is 1. The van der Waals surface area contributed by atoms with Crippen molar-refractivity contribution in [1.82, 2.24) is 10.6 Å². The molecule has 1 aromatic carbocycles. The highest BCUT2D eigenvalue weighted by Gasteiger charge is 2.14. The number of aliphatic imine (C=N–C) groups is 1. The molecule has 5 nitrogen and oxygen atoms in total. The smallest absolute Gasteiger partial charge is 0.191 e. The number of hydrogen-bond donors (Lipinski definition) is 2. The average Bonchev–Trinajstić information content (AvgIpc) is 3.09. The largest absolute Gasteiger partial charge is 0.356 e. The van der Waals surface area contributed by atoms with Crippen LogP contribution in [0.4, 0.5) is 0 Å². The lowest BCUT2D eigenvalue weighted by Crippen LogP contribution is -2.37. The molecule has 1 fully saturated rings. The van der Waals surface area contributed by atoms with Crippen LogP contribution in [-0.4, -0.2) is 34.2 Å². The van der Waals surface area contributed by atoms with Gasteiger partial charge in [-0.25, -0.2) is 8.42 Å². The predicted molar refractivity (Wildman–Crippen MR) is 124 cm³/mol. The van der Waals surface area contributed by atoms with E-state index in [1.165, 1.54) is 51.2 Å². The molecular weight excluding hydrogens is 473 g/mol. The number of rotatable bonds is 8. The van der Waals surface area contributed by atoms with Crippen LogP contribution >= 0.6 is 24.0 Å². The number of nitrogens with one attached hydrogen (secondary N) is 2. The number of sulfone groups is 1. The highest BCUT2D eigenvalue weighted by Crippen LogP contribution is 2.28. The average molecular weight is 507 g/mol. The van der Waals surface area contributed by atoms with E-state index in [1.54, 1.807) is 13.1 Å². The molecular formula is C20H34IN3O2S. The Balaban J connectivity index is 0.00000364. The Morgan fingerprint density at radius 3 is 2.48 bits per heavy atom. The molecule has 1 aliphatic rings. The quantitative estimate of drug-likeness (QED) is 0.241. The van der Waals surface area contributed by atoms with Crippen LogP contribution in [0.1, 0.15) is 56.1 Å². The van der Waals surface area contributed by atoms with Crippen molar-refractivity contribution in [2.75, 3.05) is 19.8 Å². The molecule has 1 aromatic rings. The molecule has 0 unspecified atom stereocenters. The highest BCUT2D eigenvalue weighted by atomic mass is 127. The van der Waals surface area contributed by atoms with Gasteiger partial charge in [0.25, 0.3) is 0 Å². The molecule has 2 rings (SSSR count). The Hall–Kier alpha value is -0.830. The third kappa shape index (κ3) is 8.37. The molecule has 0 bridgehead atoms. The zero-order valence-electron chi connectivity index (χ0n) is 16.8. The first-order valence-electron chi connectivity index (χ1n) is 9.64. The van der Waals surface area contributed by atoms with Crippen molar-refractivity contribution in [3.63, 3.8) is 0 Å². The number of nitrogens with zero attached hydrogens (tertiary/aromatic N) is 1. The predicted octanol–water partition coefficient (Wildman–Crippen LogP) is 4.04. The lowest BCUT2D eigenvalue weighted by Gasteiger charge is -2.13. The van der Waals surface area contributed by atoms with E-state index in [1.807, 2.05) is 19.1 Å². The van der Waals surface area contributed by atoms with Crippen LogP contribution in [0.25, 0.3) is 0 Å². The van der Waals surface area contributed by atoms with Crippen molar-refractivity contribution in [1.29, 1.82) is 0 Å². The minimum Gasteiger partial charge on any atom is -0.356 e. The second-order valence-electron chi connectivity index (χ2n) is 7.37. The summed E-state index contributed by atoms with van der Waals surface area (Å²) >= 11 is 0. The minimum atomic E-state index is -3.17. The molecule has 1 aliphatic carbocycles. The molecule has 1 saturated carbocycles. The fourth-order valence-electron chi connectivity index (χ4n) is 3.71. The zero-order valence-corrected chi connectivity index (χ0v) is 19.9. The SMILES string of the molecule is CN=C(NCCCCC1CCCC1)NCc1ccc(S(C)(=O)=O)c(C)c1.I. The van der Waals surface area contributed by atoms with Crippen LogP contribution in [-0.2, 0) is 16.4 Å². The lowest BCUT2D eigenvalue weighted by atomic mass is 10.0. The van der Waals surface area contributed by atoms with E-state index < -0.39 is 9.84 Å². The van der Waals surface area contributed by atoms with Crippen molar-refractivity contribution in [3.8, 4) is 0 Å². The van der Waals surface area contributed by atoms with E-state index >= 15 is 0 Å². The van der Waals surface area contributed by atoms with Crippen LogP contribution in [0.15, 0.2) is 28.1 Å². The summed E-state index contributed by atoms with van der Waals surface area (Å²) in [6.45, 7) is 3.38. The summed E-state index contributed by atoms with van der Waals surface area (Å²) < 4.78 is 23.4. The van der Waals surface area contributed by atoms with Gasteiger partial charge in [-0.15, -0.1) is 24.0 Å². The van der Waals surface area contributed by atoms with Gasteiger partial charge in [0.15, 0.2) is 15.8 Å². The van der Waals surface area contributed by atoms with Gasteiger partial charge in [-0.05, 0) is 36.5 Å². The van der Waals surface area contributed by atoms with Crippen LogP contribution < -0.4 is 10.6 Å². The maximum absolute atomic E-state index is 11.7. The van der Waals surface area contributed by atoms with Crippen molar-refractivity contribution >= 4 is 39.8 Å². The number of hydrogen-bond acceptors (Lipinski definition) is 3. The van der Waals surface area contributed by atoms with Crippen molar-refractivity contribution in [2.24, 2.45) is 10.9 Å². The molecule has 0 atom stereocenters. The van der Waals surface area contributed by atoms with Gasteiger partial charge in [0.2, 0.25) is 0 Å². The highest BCUT2D eigenvalue weighted by molar-refractivity contribution is 14.0. The number of guanidine groups is 1. The summed E-state index contributed by atoms with van der Waals surface area (Å²) in [6, 6.07) is 5.45. The van der Waals surface area contributed by atoms with E-state index in [-0.39, 0.29) is 24.0 Å². The summed E-state index contributed by atoms with van der Waals surface area (Å²) in [4.78, 5) is 4.65. The first kappa shape index (κ1) is 24.2. The van der Waals surface area contributed by atoms with Gasteiger partial charge in [0.1, 0.15) is 0 Å². The summed E-state index contributed by atoms with van der Waals surface area (Å²) in [6.07, 6.45) is 10.7.